The number of methoxy groups -OCH3 is 1. The fourth-order valence-corrected chi connectivity index (χ4v) is 1.90. The summed E-state index contributed by atoms with van der Waals surface area (Å²) in [5.74, 6) is 1.63. The molecule has 5 heteroatoms. The summed E-state index contributed by atoms with van der Waals surface area (Å²) in [6.07, 6.45) is 4.14. The van der Waals surface area contributed by atoms with E-state index in [0.29, 0.717) is 6.42 Å². The van der Waals surface area contributed by atoms with Gasteiger partial charge in [-0.15, -0.1) is 0 Å². The van der Waals surface area contributed by atoms with Gasteiger partial charge >= 0.3 is 0 Å². The van der Waals surface area contributed by atoms with Gasteiger partial charge < -0.3 is 14.6 Å². The number of nitrogens with zero attached hydrogens (tertiary/aromatic N) is 2. The first-order valence-corrected chi connectivity index (χ1v) is 6.07. The van der Waals surface area contributed by atoms with Crippen LogP contribution >= 0.6 is 0 Å². The highest BCUT2D eigenvalue weighted by molar-refractivity contribution is 5.75. The van der Waals surface area contributed by atoms with Crippen molar-refractivity contribution in [3.05, 3.63) is 48.0 Å². The molecule has 19 heavy (non-hydrogen) atoms. The Morgan fingerprint density at radius 1 is 1.42 bits per heavy atom. The second-order valence-electron chi connectivity index (χ2n) is 4.13. The number of benzene rings is 1. The van der Waals surface area contributed by atoms with Gasteiger partial charge in [-0.05, 0) is 6.07 Å². The lowest BCUT2D eigenvalue weighted by Crippen LogP contribution is -2.24. The molecule has 2 aromatic rings. The zero-order chi connectivity index (χ0) is 13.7. The minimum atomic E-state index is -0.0423. The predicted molar refractivity (Wildman–Crippen MR) is 72.1 cm³/mol. The topological polar surface area (TPSA) is 56.2 Å². The van der Waals surface area contributed by atoms with E-state index < -0.39 is 0 Å². The Morgan fingerprint density at radius 3 is 2.95 bits per heavy atom. The zero-order valence-corrected chi connectivity index (χ0v) is 11.1. The quantitative estimate of drug-likeness (QED) is 0.878. The minimum absolute atomic E-state index is 0.0423. The van der Waals surface area contributed by atoms with E-state index in [4.69, 9.17) is 4.74 Å². The third-order valence-corrected chi connectivity index (χ3v) is 2.94. The van der Waals surface area contributed by atoms with Gasteiger partial charge in [0.2, 0.25) is 5.91 Å². The number of aromatic nitrogens is 2. The normalized spacial score (nSPS) is 10.2. The number of amides is 1. The highest BCUT2D eigenvalue weighted by atomic mass is 16.5. The average Bonchev–Trinajstić information content (AvgIpc) is 2.86. The standard InChI is InChI=1S/C14H17N3O2/c1-15-14(18)10-17-8-7-16-13(17)9-11-5-3-4-6-12(11)19-2/h3-8H,9-10H2,1-2H3,(H,15,18). The van der Waals surface area contributed by atoms with E-state index in [1.165, 1.54) is 0 Å². The van der Waals surface area contributed by atoms with Crippen molar-refractivity contribution in [3.8, 4) is 5.75 Å². The fourth-order valence-electron chi connectivity index (χ4n) is 1.90. The van der Waals surface area contributed by atoms with Crippen molar-refractivity contribution < 1.29 is 9.53 Å². The molecule has 5 nitrogen and oxygen atoms in total. The summed E-state index contributed by atoms with van der Waals surface area (Å²) in [5.41, 5.74) is 1.05. The molecule has 2 rings (SSSR count). The van der Waals surface area contributed by atoms with Crippen LogP contribution in [0, 0.1) is 0 Å². The van der Waals surface area contributed by atoms with Crippen molar-refractivity contribution in [2.45, 2.75) is 13.0 Å². The first-order valence-electron chi connectivity index (χ1n) is 6.07. The molecule has 0 saturated carbocycles. The molecule has 1 aromatic heterocycles. The third-order valence-electron chi connectivity index (χ3n) is 2.94. The number of rotatable bonds is 5. The number of hydrogen-bond donors (Lipinski definition) is 1. The Balaban J connectivity index is 2.19. The molecule has 0 unspecified atom stereocenters. The molecule has 0 aliphatic carbocycles. The Morgan fingerprint density at radius 2 is 2.21 bits per heavy atom. The monoisotopic (exact) mass is 259 g/mol. The number of nitrogens with one attached hydrogen (secondary N) is 1. The molecule has 0 aliphatic rings. The van der Waals surface area contributed by atoms with Crippen molar-refractivity contribution in [2.75, 3.05) is 14.2 Å². The Bertz CT molecular complexity index is 563. The van der Waals surface area contributed by atoms with Gasteiger partial charge in [0.1, 0.15) is 18.1 Å². The molecule has 0 atom stereocenters. The number of carbonyl (C=O) groups is 1. The van der Waals surface area contributed by atoms with Gasteiger partial charge in [0.05, 0.1) is 7.11 Å². The Kier molecular flexibility index (Phi) is 4.18. The lowest BCUT2D eigenvalue weighted by molar-refractivity contribution is -0.121. The number of likely N-dealkylation sites (N-methyl/N-ethyl adjacent to an activating group) is 1. The highest BCUT2D eigenvalue weighted by Gasteiger charge is 2.09. The summed E-state index contributed by atoms with van der Waals surface area (Å²) in [6, 6.07) is 7.81. The predicted octanol–water partition coefficient (Wildman–Crippen LogP) is 1.23. The highest BCUT2D eigenvalue weighted by Crippen LogP contribution is 2.20. The SMILES string of the molecule is CNC(=O)Cn1ccnc1Cc1ccccc1OC. The summed E-state index contributed by atoms with van der Waals surface area (Å²) in [6.45, 7) is 0.279. The van der Waals surface area contributed by atoms with Crippen molar-refractivity contribution in [1.82, 2.24) is 14.9 Å². The summed E-state index contributed by atoms with van der Waals surface area (Å²) in [4.78, 5) is 15.7. The molecule has 100 valence electrons. The maximum Gasteiger partial charge on any atom is 0.239 e. The molecule has 1 N–H and O–H groups in total. The molecule has 0 saturated heterocycles. The van der Waals surface area contributed by atoms with E-state index in [1.54, 1.807) is 26.6 Å². The lowest BCUT2D eigenvalue weighted by Gasteiger charge is -2.10. The van der Waals surface area contributed by atoms with Crippen molar-refractivity contribution >= 4 is 5.91 Å². The number of imidazole rings is 1. The second kappa shape index (κ2) is 6.04. The molecule has 0 fully saturated rings. The first-order chi connectivity index (χ1) is 9.24. The molecular formula is C14H17N3O2. The van der Waals surface area contributed by atoms with Gasteiger partial charge in [0, 0.05) is 31.4 Å². The van der Waals surface area contributed by atoms with Crippen LogP contribution in [0.5, 0.6) is 5.75 Å². The van der Waals surface area contributed by atoms with E-state index >= 15 is 0 Å². The van der Waals surface area contributed by atoms with E-state index in [-0.39, 0.29) is 12.5 Å². The molecule has 1 aromatic carbocycles. The molecule has 1 heterocycles. The van der Waals surface area contributed by atoms with Crippen LogP contribution in [0.4, 0.5) is 0 Å². The first kappa shape index (κ1) is 13.1. The lowest BCUT2D eigenvalue weighted by atomic mass is 10.1. The van der Waals surface area contributed by atoms with Gasteiger partial charge in [-0.25, -0.2) is 4.98 Å². The van der Waals surface area contributed by atoms with Crippen LogP contribution in [0.15, 0.2) is 36.7 Å². The van der Waals surface area contributed by atoms with Crippen LogP contribution in [0.3, 0.4) is 0 Å². The van der Waals surface area contributed by atoms with Gasteiger partial charge in [-0.2, -0.15) is 0 Å². The average molecular weight is 259 g/mol. The van der Waals surface area contributed by atoms with Crippen molar-refractivity contribution in [1.29, 1.82) is 0 Å². The second-order valence-corrected chi connectivity index (χ2v) is 4.13. The molecule has 0 radical (unpaired) electrons. The number of para-hydroxylation sites is 1. The summed E-state index contributed by atoms with van der Waals surface area (Å²) >= 11 is 0. The molecule has 0 aliphatic heterocycles. The zero-order valence-electron chi connectivity index (χ0n) is 11.1. The Labute approximate surface area is 112 Å². The van der Waals surface area contributed by atoms with Crippen molar-refractivity contribution in [2.24, 2.45) is 0 Å². The van der Waals surface area contributed by atoms with E-state index in [9.17, 15) is 4.79 Å². The number of ether oxygens (including phenoxy) is 1. The number of hydrogen-bond acceptors (Lipinski definition) is 3. The summed E-state index contributed by atoms with van der Waals surface area (Å²) in [5, 5.41) is 2.60. The van der Waals surface area contributed by atoms with Gasteiger partial charge in [0.25, 0.3) is 0 Å². The van der Waals surface area contributed by atoms with Crippen LogP contribution in [0.2, 0.25) is 0 Å². The number of carbonyl (C=O) groups excluding carboxylic acids is 1. The smallest absolute Gasteiger partial charge is 0.239 e. The molecule has 0 spiro atoms. The van der Waals surface area contributed by atoms with Gasteiger partial charge in [0.15, 0.2) is 0 Å². The molecule has 1 amide bonds. The fraction of sp³-hybridized carbons (Fsp3) is 0.286. The van der Waals surface area contributed by atoms with E-state index in [1.807, 2.05) is 28.8 Å². The molecule has 0 bridgehead atoms. The van der Waals surface area contributed by atoms with Gasteiger partial charge in [-0.3, -0.25) is 4.79 Å². The van der Waals surface area contributed by atoms with Crippen LogP contribution in [0.1, 0.15) is 11.4 Å². The summed E-state index contributed by atoms with van der Waals surface area (Å²) in [7, 11) is 3.27. The van der Waals surface area contributed by atoms with Crippen LogP contribution in [0.25, 0.3) is 0 Å². The van der Waals surface area contributed by atoms with Crippen molar-refractivity contribution in [3.63, 3.8) is 0 Å². The van der Waals surface area contributed by atoms with Crippen LogP contribution < -0.4 is 10.1 Å². The van der Waals surface area contributed by atoms with Gasteiger partial charge in [-0.1, -0.05) is 18.2 Å². The maximum atomic E-state index is 11.4. The molecular weight excluding hydrogens is 242 g/mol. The third kappa shape index (κ3) is 3.13. The largest absolute Gasteiger partial charge is 0.496 e. The van der Waals surface area contributed by atoms with E-state index in [0.717, 1.165) is 17.1 Å². The summed E-state index contributed by atoms with van der Waals surface area (Å²) < 4.78 is 7.16. The van der Waals surface area contributed by atoms with E-state index in [2.05, 4.69) is 10.3 Å². The van der Waals surface area contributed by atoms with Crippen LogP contribution in [-0.2, 0) is 17.8 Å². The Hall–Kier alpha value is -2.30. The maximum absolute atomic E-state index is 11.4. The van der Waals surface area contributed by atoms with Crippen LogP contribution in [-0.4, -0.2) is 29.6 Å². The minimum Gasteiger partial charge on any atom is -0.496 e.